The summed E-state index contributed by atoms with van der Waals surface area (Å²) in [4.78, 5) is 28.0. The van der Waals surface area contributed by atoms with Crippen LogP contribution < -0.4 is 30.2 Å². The van der Waals surface area contributed by atoms with Crippen LogP contribution in [0.4, 0.5) is 17.6 Å². The molecule has 0 spiro atoms. The van der Waals surface area contributed by atoms with E-state index in [1.54, 1.807) is 64.5 Å². The summed E-state index contributed by atoms with van der Waals surface area (Å²) < 4.78 is 46.8. The summed E-state index contributed by atoms with van der Waals surface area (Å²) in [5.41, 5.74) is 7.45. The second kappa shape index (κ2) is 11.6. The summed E-state index contributed by atoms with van der Waals surface area (Å²) in [6.07, 6.45) is 6.02. The molecule has 1 fully saturated rings. The predicted molar refractivity (Wildman–Crippen MR) is 167 cm³/mol. The highest BCUT2D eigenvalue weighted by Crippen LogP contribution is 2.39. The monoisotopic (exact) mass is 632 g/mol. The number of hydrogen-bond acceptors (Lipinski definition) is 11. The van der Waals surface area contributed by atoms with E-state index in [1.165, 1.54) is 27.5 Å². The summed E-state index contributed by atoms with van der Waals surface area (Å²) in [6.45, 7) is 2.37. The molecule has 0 bridgehead atoms. The average molecular weight is 633 g/mol. The molecule has 1 aliphatic rings. The number of carbonyl (C=O) groups excluding carboxylic acids is 1. The number of hydrogen-bond donors (Lipinski definition) is 2. The molecule has 1 saturated heterocycles. The normalized spacial score (nSPS) is 14.9. The van der Waals surface area contributed by atoms with Gasteiger partial charge in [0.1, 0.15) is 24.0 Å². The van der Waals surface area contributed by atoms with Crippen LogP contribution in [0.5, 0.6) is 17.2 Å². The van der Waals surface area contributed by atoms with E-state index in [0.717, 1.165) is 9.54 Å². The van der Waals surface area contributed by atoms with Crippen LogP contribution >= 0.6 is 0 Å². The third kappa shape index (κ3) is 5.35. The Labute approximate surface area is 259 Å². The molecule has 1 amide bonds. The average Bonchev–Trinajstić information content (AvgIpc) is 3.80. The van der Waals surface area contributed by atoms with Crippen LogP contribution in [0.15, 0.2) is 66.1 Å². The highest BCUT2D eigenvalue weighted by atomic mass is 32.2. The maximum absolute atomic E-state index is 13.8. The Kier molecular flexibility index (Phi) is 7.70. The minimum Gasteiger partial charge on any atom is -0.493 e. The summed E-state index contributed by atoms with van der Waals surface area (Å²) >= 11 is 0. The van der Waals surface area contributed by atoms with Crippen molar-refractivity contribution in [2.24, 2.45) is 5.73 Å². The fourth-order valence-electron chi connectivity index (χ4n) is 5.39. The van der Waals surface area contributed by atoms with E-state index in [0.29, 0.717) is 59.3 Å². The Morgan fingerprint density at radius 2 is 1.73 bits per heavy atom. The van der Waals surface area contributed by atoms with Gasteiger partial charge in [-0.1, -0.05) is 17.7 Å². The van der Waals surface area contributed by atoms with Crippen molar-refractivity contribution in [2.75, 3.05) is 38.1 Å². The number of primary amides is 1. The fourth-order valence-corrected chi connectivity index (χ4v) is 6.69. The van der Waals surface area contributed by atoms with Crippen molar-refractivity contribution in [1.82, 2.24) is 23.5 Å². The molecular weight excluding hydrogens is 600 g/mol. The largest absolute Gasteiger partial charge is 0.493 e. The number of carbonyl (C=O) groups is 1. The Morgan fingerprint density at radius 3 is 2.38 bits per heavy atom. The van der Waals surface area contributed by atoms with Gasteiger partial charge in [0.2, 0.25) is 17.6 Å². The predicted octanol–water partition coefficient (Wildman–Crippen LogP) is 3.39. The van der Waals surface area contributed by atoms with E-state index in [2.05, 4.69) is 15.3 Å². The van der Waals surface area contributed by atoms with E-state index in [1.807, 2.05) is 6.92 Å². The van der Waals surface area contributed by atoms with Gasteiger partial charge in [0, 0.05) is 24.9 Å². The molecule has 1 unspecified atom stereocenters. The molecular formula is C30H32N8O6S. The molecule has 2 aromatic carbocycles. The smallest absolute Gasteiger partial charge is 0.269 e. The summed E-state index contributed by atoms with van der Waals surface area (Å²) in [6, 6.07) is 11.1. The van der Waals surface area contributed by atoms with Gasteiger partial charge in [0.25, 0.3) is 10.0 Å². The molecule has 3 N–H and O–H groups in total. The van der Waals surface area contributed by atoms with Gasteiger partial charge in [-0.05, 0) is 38.0 Å². The third-order valence-electron chi connectivity index (χ3n) is 7.69. The molecule has 14 nitrogen and oxygen atoms in total. The van der Waals surface area contributed by atoms with Gasteiger partial charge in [-0.15, -0.1) is 0 Å². The zero-order chi connectivity index (χ0) is 31.9. The zero-order valence-electron chi connectivity index (χ0n) is 25.1. The van der Waals surface area contributed by atoms with Crippen molar-refractivity contribution in [3.05, 3.63) is 66.7 Å². The second-order valence-corrected chi connectivity index (χ2v) is 12.3. The van der Waals surface area contributed by atoms with Gasteiger partial charge < -0.3 is 34.7 Å². The van der Waals surface area contributed by atoms with Gasteiger partial charge >= 0.3 is 0 Å². The van der Waals surface area contributed by atoms with Crippen molar-refractivity contribution in [3.8, 4) is 22.9 Å². The van der Waals surface area contributed by atoms with E-state index in [9.17, 15) is 13.2 Å². The van der Waals surface area contributed by atoms with Gasteiger partial charge in [-0.3, -0.25) is 4.79 Å². The fraction of sp³-hybridized carbons (Fsp3) is 0.267. The lowest BCUT2D eigenvalue weighted by Crippen LogP contribution is -2.41. The van der Waals surface area contributed by atoms with Crippen LogP contribution in [0, 0.1) is 6.92 Å². The van der Waals surface area contributed by atoms with Gasteiger partial charge in [-0.25, -0.2) is 17.4 Å². The molecule has 1 aliphatic heterocycles. The molecule has 6 rings (SSSR count). The Bertz CT molecular complexity index is 1980. The van der Waals surface area contributed by atoms with Gasteiger partial charge in [0.15, 0.2) is 17.1 Å². The highest BCUT2D eigenvalue weighted by Gasteiger charge is 2.32. The van der Waals surface area contributed by atoms with E-state index < -0.39 is 22.0 Å². The molecule has 5 aromatic rings. The lowest BCUT2D eigenvalue weighted by atomic mass is 10.2. The first-order valence-corrected chi connectivity index (χ1v) is 15.5. The first-order valence-electron chi connectivity index (χ1n) is 14.0. The van der Waals surface area contributed by atoms with E-state index in [4.69, 9.17) is 24.9 Å². The third-order valence-corrected chi connectivity index (χ3v) is 9.37. The maximum Gasteiger partial charge on any atom is 0.269 e. The molecule has 4 heterocycles. The first-order chi connectivity index (χ1) is 21.6. The minimum absolute atomic E-state index is 0.112. The van der Waals surface area contributed by atoms with Crippen molar-refractivity contribution < 1.29 is 27.4 Å². The number of nitrogens with one attached hydrogen (secondary N) is 1. The number of aryl methyl sites for hydroxylation is 1. The van der Waals surface area contributed by atoms with Gasteiger partial charge in [0.05, 0.1) is 43.5 Å². The van der Waals surface area contributed by atoms with Crippen LogP contribution in [0.2, 0.25) is 0 Å². The van der Waals surface area contributed by atoms with Crippen molar-refractivity contribution in [2.45, 2.75) is 30.7 Å². The Hall–Kier alpha value is -5.31. The quantitative estimate of drug-likeness (QED) is 0.231. The number of amides is 1. The molecule has 234 valence electrons. The summed E-state index contributed by atoms with van der Waals surface area (Å²) in [7, 11) is 0.588. The number of nitrogens with zero attached hydrogens (tertiary/aromatic N) is 6. The van der Waals surface area contributed by atoms with Crippen molar-refractivity contribution in [1.29, 1.82) is 0 Å². The summed E-state index contributed by atoms with van der Waals surface area (Å²) in [5.74, 6) is 1.80. The standard InChI is InChI=1S/C30H32N8O6S/c1-18-7-9-20(10-8-18)45(40,41)38-13-11-21-28(34-30(35-29(21)38)37-12-5-6-22(37)27(31)39)33-25-16-36(17-32-25)19-14-23(42-2)26(44-4)24(15-19)43-3/h7-11,13-17,22H,5-6,12H2,1-4H3,(H2,31,39)(H,33,34,35). The van der Waals surface area contributed by atoms with Crippen LogP contribution in [0.3, 0.4) is 0 Å². The number of imidazole rings is 1. The van der Waals surface area contributed by atoms with Crippen LogP contribution in [0.1, 0.15) is 18.4 Å². The number of benzene rings is 2. The van der Waals surface area contributed by atoms with Crippen LogP contribution in [0.25, 0.3) is 16.7 Å². The Balaban J connectivity index is 1.44. The van der Waals surface area contributed by atoms with Crippen molar-refractivity contribution >= 4 is 44.5 Å². The molecule has 0 aliphatic carbocycles. The number of fused-ring (bicyclic) bond motifs is 1. The molecule has 3 aromatic heterocycles. The topological polar surface area (TPSA) is 169 Å². The lowest BCUT2D eigenvalue weighted by Gasteiger charge is -2.23. The van der Waals surface area contributed by atoms with Crippen LogP contribution in [-0.4, -0.2) is 71.7 Å². The second-order valence-electron chi connectivity index (χ2n) is 10.5. The molecule has 45 heavy (non-hydrogen) atoms. The van der Waals surface area contributed by atoms with Crippen molar-refractivity contribution in [3.63, 3.8) is 0 Å². The SMILES string of the molecule is COc1cc(-n2cnc(Nc3nc(N4CCCC4C(N)=O)nc4c3ccn4S(=O)(=O)c3ccc(C)cc3)c2)cc(OC)c1OC. The maximum atomic E-state index is 13.8. The van der Waals surface area contributed by atoms with E-state index in [-0.39, 0.29) is 16.5 Å². The highest BCUT2D eigenvalue weighted by molar-refractivity contribution is 7.90. The van der Waals surface area contributed by atoms with E-state index >= 15 is 0 Å². The number of anilines is 3. The minimum atomic E-state index is -4.01. The molecule has 1 atom stereocenters. The number of methoxy groups -OCH3 is 3. The molecule has 0 saturated carbocycles. The molecule has 0 radical (unpaired) electrons. The first kappa shape index (κ1) is 29.7. The number of rotatable bonds is 10. The zero-order valence-corrected chi connectivity index (χ0v) is 25.9. The number of aromatic nitrogens is 5. The molecule has 15 heteroatoms. The van der Waals surface area contributed by atoms with Gasteiger partial charge in [-0.2, -0.15) is 9.97 Å². The number of nitrogens with two attached hydrogens (primary N) is 1. The van der Waals surface area contributed by atoms with Crippen LogP contribution in [-0.2, 0) is 14.8 Å². The lowest BCUT2D eigenvalue weighted by molar-refractivity contribution is -0.119. The Morgan fingerprint density at radius 1 is 1.02 bits per heavy atom. The number of ether oxygens (including phenoxy) is 3. The summed E-state index contributed by atoms with van der Waals surface area (Å²) in [5, 5.41) is 3.65.